The van der Waals surface area contributed by atoms with Crippen molar-refractivity contribution in [3.05, 3.63) is 0 Å². The van der Waals surface area contributed by atoms with E-state index in [9.17, 15) is 0 Å². The van der Waals surface area contributed by atoms with Gasteiger partial charge in [0.1, 0.15) is 0 Å². The fourth-order valence-corrected chi connectivity index (χ4v) is 12.3. The summed E-state index contributed by atoms with van der Waals surface area (Å²) in [5.41, 5.74) is 0.957. The Morgan fingerprint density at radius 1 is 0.838 bits per heavy atom. The molecule has 0 amide bonds. The third-order valence-corrected chi connectivity index (χ3v) is 18.7. The van der Waals surface area contributed by atoms with Crippen LogP contribution >= 0.6 is 0 Å². The van der Waals surface area contributed by atoms with Gasteiger partial charge in [0.2, 0.25) is 0 Å². The van der Waals surface area contributed by atoms with Crippen LogP contribution in [-0.2, 0) is 13.9 Å². The zero-order chi connectivity index (χ0) is 26.6. The zero-order valence-corrected chi connectivity index (χ0v) is 26.7. The van der Waals surface area contributed by atoms with Crippen molar-refractivity contribution in [2.45, 2.75) is 149 Å². The average molecular weight is 531 g/mol. The van der Waals surface area contributed by atoms with Crippen molar-refractivity contribution in [2.75, 3.05) is 6.61 Å². The first kappa shape index (κ1) is 27.3. The molecule has 3 nitrogen and oxygen atoms in total. The second-order valence-electron chi connectivity index (χ2n) is 16.9. The van der Waals surface area contributed by atoms with Crippen LogP contribution in [0.1, 0.15) is 113 Å². The topological polar surface area (TPSA) is 27.7 Å². The molecule has 2 heterocycles. The molecule has 6 aliphatic rings. The minimum Gasteiger partial charge on any atom is -0.414 e. The molecule has 37 heavy (non-hydrogen) atoms. The lowest BCUT2D eigenvalue weighted by atomic mass is 9.44. The monoisotopic (exact) mass is 530 g/mol. The number of hydrogen-bond acceptors (Lipinski definition) is 3. The van der Waals surface area contributed by atoms with Crippen LogP contribution in [0.4, 0.5) is 0 Å². The van der Waals surface area contributed by atoms with Gasteiger partial charge < -0.3 is 13.9 Å². The smallest absolute Gasteiger partial charge is 0.192 e. The maximum atomic E-state index is 7.00. The van der Waals surface area contributed by atoms with Crippen molar-refractivity contribution in [1.82, 2.24) is 0 Å². The summed E-state index contributed by atoms with van der Waals surface area (Å²) in [6, 6.07) is 0. The number of hydrogen-bond donors (Lipinski definition) is 0. The Kier molecular flexibility index (Phi) is 6.48. The van der Waals surface area contributed by atoms with Gasteiger partial charge in [0.15, 0.2) is 14.1 Å². The summed E-state index contributed by atoms with van der Waals surface area (Å²) in [6.45, 7) is 23.2. The number of rotatable bonds is 2. The first-order chi connectivity index (χ1) is 17.2. The molecule has 2 saturated heterocycles. The average Bonchev–Trinajstić information content (AvgIpc) is 3.25. The largest absolute Gasteiger partial charge is 0.414 e. The van der Waals surface area contributed by atoms with Crippen LogP contribution in [0, 0.1) is 52.3 Å². The Balaban J connectivity index is 1.17. The van der Waals surface area contributed by atoms with Crippen LogP contribution in [0.3, 0.4) is 0 Å². The summed E-state index contributed by atoms with van der Waals surface area (Å²) < 4.78 is 20.5. The summed E-state index contributed by atoms with van der Waals surface area (Å²) in [4.78, 5) is 0. The highest BCUT2D eigenvalue weighted by Gasteiger charge is 2.69. The van der Waals surface area contributed by atoms with Crippen LogP contribution < -0.4 is 0 Å². The van der Waals surface area contributed by atoms with Gasteiger partial charge in [-0.1, -0.05) is 48.5 Å². The van der Waals surface area contributed by atoms with Gasteiger partial charge in [-0.2, -0.15) is 0 Å². The Hall–Kier alpha value is 0.0969. The summed E-state index contributed by atoms with van der Waals surface area (Å²) in [5, 5.41) is 0.304. The lowest BCUT2D eigenvalue weighted by Gasteiger charge is -2.61. The number of fused-ring (bicyclic) bond motifs is 7. The molecule has 4 heteroatoms. The van der Waals surface area contributed by atoms with Gasteiger partial charge >= 0.3 is 0 Å². The van der Waals surface area contributed by atoms with Gasteiger partial charge in [-0.3, -0.25) is 0 Å². The van der Waals surface area contributed by atoms with Gasteiger partial charge in [-0.05, 0) is 122 Å². The lowest BCUT2D eigenvalue weighted by molar-refractivity contribution is -0.273. The third-order valence-electron chi connectivity index (χ3n) is 14.2. The number of ether oxygens (including phenoxy) is 2. The van der Waals surface area contributed by atoms with Gasteiger partial charge in [0, 0.05) is 18.4 Å². The van der Waals surface area contributed by atoms with E-state index in [2.05, 4.69) is 61.6 Å². The van der Waals surface area contributed by atoms with E-state index < -0.39 is 8.32 Å². The van der Waals surface area contributed by atoms with Crippen molar-refractivity contribution in [1.29, 1.82) is 0 Å². The first-order valence-corrected chi connectivity index (χ1v) is 19.1. The van der Waals surface area contributed by atoms with E-state index in [1.54, 1.807) is 0 Å². The maximum absolute atomic E-state index is 7.00. The molecule has 0 N–H and O–H groups in total. The minimum absolute atomic E-state index is 0.279. The molecule has 6 fully saturated rings. The lowest BCUT2D eigenvalue weighted by Crippen LogP contribution is -2.56. The van der Waals surface area contributed by atoms with E-state index in [0.29, 0.717) is 45.8 Å². The second kappa shape index (κ2) is 8.80. The Labute approximate surface area is 229 Å². The Morgan fingerprint density at radius 2 is 1.57 bits per heavy atom. The molecule has 1 spiro atoms. The van der Waals surface area contributed by atoms with Crippen LogP contribution in [0.25, 0.3) is 0 Å². The molecule has 4 aliphatic carbocycles. The first-order valence-electron chi connectivity index (χ1n) is 16.2. The summed E-state index contributed by atoms with van der Waals surface area (Å²) in [5.74, 6) is 5.15. The van der Waals surface area contributed by atoms with Crippen LogP contribution in [0.2, 0.25) is 18.1 Å². The van der Waals surface area contributed by atoms with E-state index in [-0.39, 0.29) is 5.79 Å². The highest BCUT2D eigenvalue weighted by Crippen LogP contribution is 2.71. The predicted octanol–water partition coefficient (Wildman–Crippen LogP) is 8.82. The normalized spacial score (nSPS) is 53.9. The van der Waals surface area contributed by atoms with E-state index in [1.165, 1.54) is 57.8 Å². The van der Waals surface area contributed by atoms with E-state index in [4.69, 9.17) is 13.9 Å². The molecule has 12 atom stereocenters. The SMILES string of the molecule is CC1CC[C@@]2(OC1)O[C@H]1C[C@H]3[C@@H]4CC[C@H]5C[C@@H](O[Si](C)(C)C(C)(C)C)CC[C@]5(C)[C@H]4CC[C@]3(C)[C@H]1[C@@H]2C. The molecular weight excluding hydrogens is 472 g/mol. The predicted molar refractivity (Wildman–Crippen MR) is 154 cm³/mol. The highest BCUT2D eigenvalue weighted by molar-refractivity contribution is 6.74. The van der Waals surface area contributed by atoms with Crippen molar-refractivity contribution in [3.8, 4) is 0 Å². The van der Waals surface area contributed by atoms with E-state index in [1.807, 2.05) is 0 Å². The zero-order valence-electron chi connectivity index (χ0n) is 25.7. The van der Waals surface area contributed by atoms with Crippen LogP contribution in [0.15, 0.2) is 0 Å². The summed E-state index contributed by atoms with van der Waals surface area (Å²) in [7, 11) is -1.70. The molecule has 0 aromatic carbocycles. The molecule has 6 rings (SSSR count). The maximum Gasteiger partial charge on any atom is 0.192 e. The van der Waals surface area contributed by atoms with Crippen molar-refractivity contribution in [3.63, 3.8) is 0 Å². The standard InChI is InChI=1S/C33H58O3Si/c1-21-12-17-33(34-20-21)22(2)29-28(35-33)19-27-25-11-10-23-18-24(36-37(8,9)30(3,4)5)13-15-31(23,6)26(25)14-16-32(27,29)7/h21-29H,10-20H2,1-9H3/t21?,22-,23-,24-,25+,26-,27-,28-,29-,31-,32-,33+/m0/s1. The quantitative estimate of drug-likeness (QED) is 0.334. The van der Waals surface area contributed by atoms with E-state index in [0.717, 1.165) is 36.7 Å². The molecule has 0 aromatic rings. The molecule has 0 bridgehead atoms. The van der Waals surface area contributed by atoms with E-state index >= 15 is 0 Å². The fraction of sp³-hybridized carbons (Fsp3) is 1.00. The van der Waals surface area contributed by atoms with Crippen molar-refractivity contribution >= 4 is 8.32 Å². The van der Waals surface area contributed by atoms with Crippen LogP contribution in [0.5, 0.6) is 0 Å². The second-order valence-corrected chi connectivity index (χ2v) is 21.7. The molecule has 1 unspecified atom stereocenters. The van der Waals surface area contributed by atoms with Crippen molar-refractivity contribution in [2.24, 2.45) is 52.3 Å². The van der Waals surface area contributed by atoms with Gasteiger partial charge in [-0.15, -0.1) is 0 Å². The molecule has 0 radical (unpaired) electrons. The van der Waals surface area contributed by atoms with Gasteiger partial charge in [0.05, 0.1) is 12.7 Å². The summed E-state index contributed by atoms with van der Waals surface area (Å²) in [6.07, 6.45) is 14.3. The van der Waals surface area contributed by atoms with Gasteiger partial charge in [-0.25, -0.2) is 0 Å². The van der Waals surface area contributed by atoms with Gasteiger partial charge in [0.25, 0.3) is 0 Å². The Bertz CT molecular complexity index is 871. The Morgan fingerprint density at radius 3 is 2.24 bits per heavy atom. The van der Waals surface area contributed by atoms with Crippen molar-refractivity contribution < 1.29 is 13.9 Å². The molecule has 0 aromatic heterocycles. The summed E-state index contributed by atoms with van der Waals surface area (Å²) >= 11 is 0. The molecule has 212 valence electrons. The molecule has 2 aliphatic heterocycles. The highest BCUT2D eigenvalue weighted by atomic mass is 28.4. The fourth-order valence-electron chi connectivity index (χ4n) is 10.9. The van der Waals surface area contributed by atoms with Crippen LogP contribution in [-0.4, -0.2) is 32.9 Å². The third kappa shape index (κ3) is 4.03. The molecular formula is C33H58O3Si. The minimum atomic E-state index is -1.70. The molecule has 4 saturated carbocycles.